The van der Waals surface area contributed by atoms with Crippen molar-refractivity contribution >= 4 is 29.2 Å². The molecule has 0 bridgehead atoms. The Bertz CT molecular complexity index is 1040. The second-order valence-electron chi connectivity index (χ2n) is 8.02. The van der Waals surface area contributed by atoms with Crippen molar-refractivity contribution in [1.29, 1.82) is 0 Å². The van der Waals surface area contributed by atoms with Crippen LogP contribution in [-0.4, -0.2) is 55.7 Å². The van der Waals surface area contributed by atoms with Crippen LogP contribution in [0.5, 0.6) is 11.5 Å². The van der Waals surface area contributed by atoms with Crippen molar-refractivity contribution in [3.63, 3.8) is 0 Å². The minimum absolute atomic E-state index is 0.0264. The van der Waals surface area contributed by atoms with Crippen LogP contribution < -0.4 is 20.1 Å². The molecule has 2 aromatic rings. The normalized spacial score (nSPS) is 17.3. The summed E-state index contributed by atoms with van der Waals surface area (Å²) in [6.07, 6.45) is 3.09. The number of hydrogen-bond donors (Lipinski definition) is 2. The first-order valence-electron chi connectivity index (χ1n) is 10.9. The van der Waals surface area contributed by atoms with Crippen LogP contribution in [0.1, 0.15) is 36.0 Å². The van der Waals surface area contributed by atoms with Crippen molar-refractivity contribution in [2.75, 3.05) is 37.6 Å². The Labute approximate surface area is 192 Å². The van der Waals surface area contributed by atoms with Crippen LogP contribution in [0.15, 0.2) is 42.5 Å². The summed E-state index contributed by atoms with van der Waals surface area (Å²) in [7, 11) is 1.37. The molecule has 2 aliphatic rings. The van der Waals surface area contributed by atoms with Gasteiger partial charge in [-0.1, -0.05) is 18.6 Å². The quantitative estimate of drug-likeness (QED) is 0.621. The zero-order valence-electron chi connectivity index (χ0n) is 18.5. The summed E-state index contributed by atoms with van der Waals surface area (Å²) in [5, 5.41) is 5.68. The number of benzene rings is 2. The van der Waals surface area contributed by atoms with E-state index in [1.54, 1.807) is 42.5 Å². The molecule has 0 aromatic heterocycles. The third kappa shape index (κ3) is 5.61. The third-order valence-corrected chi connectivity index (χ3v) is 5.80. The zero-order chi connectivity index (χ0) is 23.2. The van der Waals surface area contributed by atoms with Gasteiger partial charge >= 0.3 is 5.97 Å². The van der Waals surface area contributed by atoms with Crippen molar-refractivity contribution in [2.45, 2.75) is 31.7 Å². The Morgan fingerprint density at radius 1 is 1.06 bits per heavy atom. The first-order valence-corrected chi connectivity index (χ1v) is 10.9. The molecule has 2 N–H and O–H groups in total. The topological polar surface area (TPSA) is 106 Å². The number of rotatable bonds is 7. The number of esters is 1. The number of fused-ring (bicyclic) bond motifs is 1. The average Bonchev–Trinajstić information content (AvgIpc) is 3.28. The number of carbonyl (C=O) groups excluding carboxylic acids is 3. The fraction of sp³-hybridized carbons (Fsp3) is 0.375. The molecule has 0 saturated carbocycles. The van der Waals surface area contributed by atoms with Gasteiger partial charge in [-0.15, -0.1) is 0 Å². The number of hydrogen-bond acceptors (Lipinski definition) is 7. The van der Waals surface area contributed by atoms with Gasteiger partial charge in [0.25, 0.3) is 5.91 Å². The summed E-state index contributed by atoms with van der Waals surface area (Å²) in [5.41, 5.74) is 1.32. The van der Waals surface area contributed by atoms with Crippen LogP contribution in [0.2, 0.25) is 0 Å². The zero-order valence-corrected chi connectivity index (χ0v) is 18.5. The number of carbonyl (C=O) groups is 3. The number of nitrogens with zero attached hydrogens (tertiary/aromatic N) is 1. The largest absolute Gasteiger partial charge is 0.469 e. The highest BCUT2D eigenvalue weighted by Gasteiger charge is 2.27. The van der Waals surface area contributed by atoms with E-state index in [1.165, 1.54) is 7.11 Å². The standard InChI is InChI=1S/C24H27N3O6/c1-31-23(29)13-17-6-4-5-11-27(17)14-22(28)26-19-8-3-2-7-18(19)24(30)25-16-9-10-20-21(12-16)33-15-32-20/h2-3,7-10,12,17H,4-6,11,13-15H2,1H3,(H,25,30)(H,26,28)/t17-/m0/s1. The van der Waals surface area contributed by atoms with Crippen LogP contribution in [0.25, 0.3) is 0 Å². The number of piperidine rings is 1. The fourth-order valence-electron chi connectivity index (χ4n) is 4.11. The predicted octanol–water partition coefficient (Wildman–Crippen LogP) is 3.02. The SMILES string of the molecule is COC(=O)C[C@@H]1CCCCN1CC(=O)Nc1ccccc1C(=O)Nc1ccc2c(c1)OCO2. The molecule has 1 atom stereocenters. The summed E-state index contributed by atoms with van der Waals surface area (Å²) in [5.74, 6) is 0.320. The third-order valence-electron chi connectivity index (χ3n) is 5.80. The molecule has 1 fully saturated rings. The highest BCUT2D eigenvalue weighted by molar-refractivity contribution is 6.10. The molecule has 2 amide bonds. The van der Waals surface area contributed by atoms with Gasteiger partial charge in [0.2, 0.25) is 12.7 Å². The second kappa shape index (κ2) is 10.4. The lowest BCUT2D eigenvalue weighted by Gasteiger charge is -2.34. The van der Waals surface area contributed by atoms with Crippen molar-refractivity contribution in [1.82, 2.24) is 4.90 Å². The van der Waals surface area contributed by atoms with E-state index in [-0.39, 0.29) is 43.6 Å². The number of methoxy groups -OCH3 is 1. The van der Waals surface area contributed by atoms with E-state index in [0.717, 1.165) is 25.8 Å². The molecule has 2 aromatic carbocycles. The van der Waals surface area contributed by atoms with Crippen molar-refractivity contribution in [3.05, 3.63) is 48.0 Å². The highest BCUT2D eigenvalue weighted by atomic mass is 16.7. The van der Waals surface area contributed by atoms with E-state index in [0.29, 0.717) is 28.4 Å². The Morgan fingerprint density at radius 2 is 1.88 bits per heavy atom. The van der Waals surface area contributed by atoms with Gasteiger partial charge < -0.3 is 24.8 Å². The van der Waals surface area contributed by atoms with E-state index >= 15 is 0 Å². The Morgan fingerprint density at radius 3 is 2.73 bits per heavy atom. The number of likely N-dealkylation sites (tertiary alicyclic amines) is 1. The van der Waals surface area contributed by atoms with E-state index in [2.05, 4.69) is 10.6 Å². The summed E-state index contributed by atoms with van der Waals surface area (Å²) >= 11 is 0. The van der Waals surface area contributed by atoms with Crippen LogP contribution in [-0.2, 0) is 14.3 Å². The first kappa shape index (κ1) is 22.6. The van der Waals surface area contributed by atoms with Gasteiger partial charge in [-0.05, 0) is 43.7 Å². The van der Waals surface area contributed by atoms with Gasteiger partial charge in [0.1, 0.15) is 0 Å². The monoisotopic (exact) mass is 453 g/mol. The molecule has 33 heavy (non-hydrogen) atoms. The maximum atomic E-state index is 12.9. The summed E-state index contributed by atoms with van der Waals surface area (Å²) < 4.78 is 15.4. The van der Waals surface area contributed by atoms with E-state index < -0.39 is 0 Å². The highest BCUT2D eigenvalue weighted by Crippen LogP contribution is 2.34. The lowest BCUT2D eigenvalue weighted by atomic mass is 9.99. The summed E-state index contributed by atoms with van der Waals surface area (Å²) in [4.78, 5) is 39.5. The lowest BCUT2D eigenvalue weighted by molar-refractivity contribution is -0.142. The number of ether oxygens (including phenoxy) is 3. The molecule has 0 unspecified atom stereocenters. The molecule has 9 nitrogen and oxygen atoms in total. The number of amides is 2. The number of anilines is 2. The molecule has 9 heteroatoms. The summed E-state index contributed by atoms with van der Waals surface area (Å²) in [6, 6.07) is 12.0. The Kier molecular flexibility index (Phi) is 7.09. The maximum Gasteiger partial charge on any atom is 0.307 e. The van der Waals surface area contributed by atoms with E-state index in [1.807, 2.05) is 4.90 Å². The fourth-order valence-corrected chi connectivity index (χ4v) is 4.11. The van der Waals surface area contributed by atoms with E-state index in [9.17, 15) is 14.4 Å². The number of para-hydroxylation sites is 1. The lowest BCUT2D eigenvalue weighted by Crippen LogP contribution is -2.45. The van der Waals surface area contributed by atoms with Crippen molar-refractivity contribution in [2.24, 2.45) is 0 Å². The Hall–Kier alpha value is -3.59. The van der Waals surface area contributed by atoms with Crippen molar-refractivity contribution < 1.29 is 28.6 Å². The van der Waals surface area contributed by atoms with Crippen molar-refractivity contribution in [3.8, 4) is 11.5 Å². The van der Waals surface area contributed by atoms with Gasteiger partial charge in [-0.2, -0.15) is 0 Å². The number of nitrogens with one attached hydrogen (secondary N) is 2. The van der Waals surface area contributed by atoms with Gasteiger partial charge in [-0.3, -0.25) is 19.3 Å². The molecule has 2 heterocycles. The molecule has 0 radical (unpaired) electrons. The van der Waals surface area contributed by atoms with Crippen LogP contribution in [0, 0.1) is 0 Å². The predicted molar refractivity (Wildman–Crippen MR) is 121 cm³/mol. The van der Waals surface area contributed by atoms with Crippen LogP contribution in [0.4, 0.5) is 11.4 Å². The van der Waals surface area contributed by atoms with Crippen LogP contribution in [0.3, 0.4) is 0 Å². The van der Waals surface area contributed by atoms with Gasteiger partial charge in [0.05, 0.1) is 31.3 Å². The molecular formula is C24H27N3O6. The molecule has 174 valence electrons. The van der Waals surface area contributed by atoms with Gasteiger partial charge in [0, 0.05) is 17.8 Å². The minimum atomic E-state index is -0.355. The molecule has 1 saturated heterocycles. The Balaban J connectivity index is 1.41. The van der Waals surface area contributed by atoms with Gasteiger partial charge in [0.15, 0.2) is 11.5 Å². The maximum absolute atomic E-state index is 12.9. The summed E-state index contributed by atoms with van der Waals surface area (Å²) in [6.45, 7) is 1.03. The molecular weight excluding hydrogens is 426 g/mol. The van der Waals surface area contributed by atoms with Crippen LogP contribution >= 0.6 is 0 Å². The first-order chi connectivity index (χ1) is 16.0. The molecule has 0 spiro atoms. The van der Waals surface area contributed by atoms with Gasteiger partial charge in [-0.25, -0.2) is 0 Å². The molecule has 0 aliphatic carbocycles. The second-order valence-corrected chi connectivity index (χ2v) is 8.02. The average molecular weight is 453 g/mol. The minimum Gasteiger partial charge on any atom is -0.469 e. The smallest absolute Gasteiger partial charge is 0.307 e. The molecule has 2 aliphatic heterocycles. The molecule has 4 rings (SSSR count). The van der Waals surface area contributed by atoms with E-state index in [4.69, 9.17) is 14.2 Å².